The van der Waals surface area contributed by atoms with Gasteiger partial charge in [-0.3, -0.25) is 0 Å². The van der Waals surface area contributed by atoms with Gasteiger partial charge in [-0.15, -0.1) is 18.2 Å². The molecule has 31 heavy (non-hydrogen) atoms. The van der Waals surface area contributed by atoms with Gasteiger partial charge in [0.25, 0.3) is 0 Å². The minimum Gasteiger partial charge on any atom is -0.478 e. The summed E-state index contributed by atoms with van der Waals surface area (Å²) in [4.78, 5) is 11.2. The Balaban J connectivity index is 2.22. The molecule has 0 aliphatic heterocycles. The summed E-state index contributed by atoms with van der Waals surface area (Å²) in [5, 5.41) is 10.3. The van der Waals surface area contributed by atoms with Crippen molar-refractivity contribution in [3.8, 4) is 0 Å². The third kappa shape index (κ3) is 3.15. The first-order valence-corrected chi connectivity index (χ1v) is 10.6. The number of hydrogen-bond donors (Lipinski definition) is 1. The van der Waals surface area contributed by atoms with Crippen LogP contribution >= 0.6 is 11.6 Å². The lowest BCUT2D eigenvalue weighted by atomic mass is 9.54. The molecular weight excluding hydrogens is 404 g/mol. The molecule has 0 spiro atoms. The first-order chi connectivity index (χ1) is 15.1. The maximum Gasteiger partial charge on any atom is 0.333 e. The van der Waals surface area contributed by atoms with E-state index in [1.54, 1.807) is 6.08 Å². The molecule has 0 saturated carbocycles. The van der Waals surface area contributed by atoms with Gasteiger partial charge in [0.05, 0.1) is 11.0 Å². The van der Waals surface area contributed by atoms with E-state index in [1.165, 1.54) is 0 Å². The second-order valence-electron chi connectivity index (χ2n) is 7.58. The molecule has 0 aromatic heterocycles. The van der Waals surface area contributed by atoms with Crippen LogP contribution in [0.5, 0.6) is 0 Å². The molecule has 0 radical (unpaired) electrons. The molecule has 4 rings (SSSR count). The molecular formula is C28H23ClO2. The molecule has 1 atom stereocenters. The maximum absolute atomic E-state index is 12.6. The molecule has 154 valence electrons. The van der Waals surface area contributed by atoms with Crippen molar-refractivity contribution >= 4 is 17.6 Å². The number of alkyl halides is 1. The molecule has 0 saturated heterocycles. The van der Waals surface area contributed by atoms with Crippen molar-refractivity contribution in [1.82, 2.24) is 0 Å². The van der Waals surface area contributed by atoms with Gasteiger partial charge in [-0.05, 0) is 34.8 Å². The lowest BCUT2D eigenvalue weighted by molar-refractivity contribution is -0.133. The fourth-order valence-corrected chi connectivity index (χ4v) is 5.40. The molecule has 1 N–H and O–H groups in total. The highest BCUT2D eigenvalue weighted by atomic mass is 35.5. The van der Waals surface area contributed by atoms with Gasteiger partial charge in [0.1, 0.15) is 4.87 Å². The summed E-state index contributed by atoms with van der Waals surface area (Å²) >= 11 is 7.66. The smallest absolute Gasteiger partial charge is 0.333 e. The molecule has 0 fully saturated rings. The number of hydrogen-bond acceptors (Lipinski definition) is 1. The minimum atomic E-state index is -1.38. The highest BCUT2D eigenvalue weighted by molar-refractivity contribution is 6.31. The van der Waals surface area contributed by atoms with Crippen molar-refractivity contribution in [3.05, 3.63) is 144 Å². The first-order valence-electron chi connectivity index (χ1n) is 10.2. The number of halogens is 1. The molecule has 1 unspecified atom stereocenters. The van der Waals surface area contributed by atoms with Crippen LogP contribution < -0.4 is 0 Å². The van der Waals surface area contributed by atoms with Gasteiger partial charge in [0.15, 0.2) is 0 Å². The molecule has 0 heterocycles. The highest BCUT2D eigenvalue weighted by Gasteiger charge is 2.60. The highest BCUT2D eigenvalue weighted by Crippen LogP contribution is 2.61. The van der Waals surface area contributed by atoms with Crippen LogP contribution in [0.4, 0.5) is 0 Å². The van der Waals surface area contributed by atoms with Crippen LogP contribution in [0.15, 0.2) is 127 Å². The molecule has 0 amide bonds. The average molecular weight is 427 g/mol. The van der Waals surface area contributed by atoms with Gasteiger partial charge in [-0.25, -0.2) is 4.79 Å². The fraction of sp³-hybridized carbons (Fsp3) is 0.107. The van der Waals surface area contributed by atoms with Crippen molar-refractivity contribution in [2.75, 3.05) is 0 Å². The Morgan fingerprint density at radius 2 is 1.26 bits per heavy atom. The topological polar surface area (TPSA) is 37.3 Å². The lowest BCUT2D eigenvalue weighted by Crippen LogP contribution is -2.52. The summed E-state index contributed by atoms with van der Waals surface area (Å²) < 4.78 is 0. The van der Waals surface area contributed by atoms with Crippen LogP contribution in [0.3, 0.4) is 0 Å². The number of carboxylic acid groups (broad SMARTS) is 1. The second-order valence-corrected chi connectivity index (χ2v) is 8.14. The Bertz CT molecular complexity index is 1110. The Morgan fingerprint density at radius 1 is 0.806 bits per heavy atom. The third-order valence-corrected chi connectivity index (χ3v) is 6.71. The number of aliphatic carboxylic acids is 1. The standard InChI is InChI=1S/C28H23ClO2/c1-2-12-21-19-20-25(26(30)31)28(29,24-17-10-5-11-18-24)27(21,22-13-6-3-7-14-22)23-15-8-4-9-16-23/h2-11,13-20H,1,12H2,(H,30,31). The number of carboxylic acids is 1. The number of benzene rings is 3. The Kier molecular flexibility index (Phi) is 5.67. The van der Waals surface area contributed by atoms with E-state index in [-0.39, 0.29) is 5.57 Å². The average Bonchev–Trinajstić information content (AvgIpc) is 2.81. The first kappa shape index (κ1) is 20.9. The van der Waals surface area contributed by atoms with Gasteiger partial charge < -0.3 is 5.11 Å². The molecule has 3 aromatic rings. The second kappa shape index (κ2) is 8.41. The van der Waals surface area contributed by atoms with Crippen LogP contribution in [0.1, 0.15) is 23.1 Å². The van der Waals surface area contributed by atoms with Gasteiger partial charge in [0, 0.05) is 0 Å². The van der Waals surface area contributed by atoms with Crippen LogP contribution in [0.2, 0.25) is 0 Å². The van der Waals surface area contributed by atoms with E-state index in [0.717, 1.165) is 22.3 Å². The van der Waals surface area contributed by atoms with Crippen LogP contribution in [0, 0.1) is 0 Å². The van der Waals surface area contributed by atoms with Gasteiger partial charge >= 0.3 is 5.97 Å². The van der Waals surface area contributed by atoms with Gasteiger partial charge in [-0.2, -0.15) is 0 Å². The summed E-state index contributed by atoms with van der Waals surface area (Å²) in [6.07, 6.45) is 5.95. The van der Waals surface area contributed by atoms with E-state index in [4.69, 9.17) is 11.6 Å². The van der Waals surface area contributed by atoms with E-state index in [1.807, 2.05) is 103 Å². The Hall–Kier alpha value is -3.36. The van der Waals surface area contributed by atoms with Crippen molar-refractivity contribution in [2.45, 2.75) is 16.7 Å². The van der Waals surface area contributed by atoms with Gasteiger partial charge in [-0.1, -0.05) is 103 Å². The lowest BCUT2D eigenvalue weighted by Gasteiger charge is -2.51. The van der Waals surface area contributed by atoms with Crippen molar-refractivity contribution in [1.29, 1.82) is 0 Å². The van der Waals surface area contributed by atoms with E-state index < -0.39 is 16.3 Å². The molecule has 0 bridgehead atoms. The maximum atomic E-state index is 12.6. The zero-order valence-electron chi connectivity index (χ0n) is 17.0. The summed E-state index contributed by atoms with van der Waals surface area (Å²) in [5.74, 6) is -1.04. The quantitative estimate of drug-likeness (QED) is 0.354. The van der Waals surface area contributed by atoms with Crippen LogP contribution in [-0.4, -0.2) is 11.1 Å². The number of rotatable bonds is 6. The molecule has 1 aliphatic rings. The van der Waals surface area contributed by atoms with E-state index in [2.05, 4.69) is 6.58 Å². The van der Waals surface area contributed by atoms with Crippen molar-refractivity contribution in [3.63, 3.8) is 0 Å². The van der Waals surface area contributed by atoms with Crippen LogP contribution in [-0.2, 0) is 15.1 Å². The summed E-state index contributed by atoms with van der Waals surface area (Å²) in [5.41, 5.74) is 2.77. The summed E-state index contributed by atoms with van der Waals surface area (Å²) in [7, 11) is 0. The van der Waals surface area contributed by atoms with E-state index >= 15 is 0 Å². The van der Waals surface area contributed by atoms with Crippen LogP contribution in [0.25, 0.3) is 0 Å². The summed E-state index contributed by atoms with van der Waals surface area (Å²) in [6, 6.07) is 29.4. The van der Waals surface area contributed by atoms with Gasteiger partial charge in [0.2, 0.25) is 0 Å². The molecule has 1 aliphatic carbocycles. The number of allylic oxidation sites excluding steroid dienone is 4. The molecule has 3 heteroatoms. The largest absolute Gasteiger partial charge is 0.478 e. The van der Waals surface area contributed by atoms with Crippen molar-refractivity contribution < 1.29 is 9.90 Å². The zero-order valence-corrected chi connectivity index (χ0v) is 17.8. The predicted octanol–water partition coefficient (Wildman–Crippen LogP) is 6.63. The predicted molar refractivity (Wildman–Crippen MR) is 126 cm³/mol. The van der Waals surface area contributed by atoms with Crippen molar-refractivity contribution in [2.24, 2.45) is 0 Å². The van der Waals surface area contributed by atoms with E-state index in [9.17, 15) is 9.90 Å². The summed E-state index contributed by atoms with van der Waals surface area (Å²) in [6.45, 7) is 3.96. The molecule has 3 aromatic carbocycles. The molecule has 2 nitrogen and oxygen atoms in total. The normalized spacial score (nSPS) is 19.8. The third-order valence-electron chi connectivity index (χ3n) is 6.00. The van der Waals surface area contributed by atoms with E-state index in [0.29, 0.717) is 6.42 Å². The number of carbonyl (C=O) groups is 1. The SMILES string of the molecule is C=CCC1=CC=C(C(=O)O)C(Cl)(c2ccccc2)C1(c1ccccc1)c1ccccc1. The zero-order chi connectivity index (χ0) is 21.9. The monoisotopic (exact) mass is 426 g/mol. The fourth-order valence-electron chi connectivity index (χ4n) is 4.79. The Labute approximate surface area is 187 Å². The Morgan fingerprint density at radius 3 is 1.68 bits per heavy atom. The minimum absolute atomic E-state index is 0.140.